The first-order valence-electron chi connectivity index (χ1n) is 5.77. The number of aryl methyl sites for hydroxylation is 2. The molecule has 0 amide bonds. The van der Waals surface area contributed by atoms with Crippen LogP contribution in [-0.4, -0.2) is 19.1 Å². The first-order chi connectivity index (χ1) is 8.54. The van der Waals surface area contributed by atoms with E-state index in [1.54, 1.807) is 17.1 Å². The molecule has 0 fully saturated rings. The number of hydrogen-bond acceptors (Lipinski definition) is 3. The van der Waals surface area contributed by atoms with E-state index in [0.717, 1.165) is 28.1 Å². The minimum absolute atomic E-state index is 0.225. The quantitative estimate of drug-likeness (QED) is 0.870. The van der Waals surface area contributed by atoms with Gasteiger partial charge in [-0.2, -0.15) is 4.98 Å². The molecule has 0 bridgehead atoms. The summed E-state index contributed by atoms with van der Waals surface area (Å²) >= 11 is 3.46. The number of imidazole rings is 1. The fraction of sp³-hybridized carbons (Fsp3) is 0.417. The maximum Gasteiger partial charge on any atom is 0.348 e. The normalized spacial score (nSPS) is 10.9. The smallest absolute Gasteiger partial charge is 0.333 e. The van der Waals surface area contributed by atoms with Crippen LogP contribution < -0.4 is 5.69 Å². The largest absolute Gasteiger partial charge is 0.348 e. The molecular weight excluding hydrogens is 296 g/mol. The van der Waals surface area contributed by atoms with Crippen LogP contribution in [0.4, 0.5) is 0 Å². The predicted molar refractivity (Wildman–Crippen MR) is 72.7 cm³/mol. The van der Waals surface area contributed by atoms with E-state index in [1.165, 1.54) is 0 Å². The molecule has 2 heterocycles. The Bertz CT molecular complexity index is 629. The van der Waals surface area contributed by atoms with Crippen LogP contribution in [0.1, 0.15) is 24.0 Å². The zero-order valence-electron chi connectivity index (χ0n) is 10.6. The van der Waals surface area contributed by atoms with Gasteiger partial charge in [0, 0.05) is 18.4 Å². The second-order valence-corrected chi connectivity index (χ2v) is 4.93. The molecule has 2 rings (SSSR count). The average molecular weight is 311 g/mol. The van der Waals surface area contributed by atoms with Crippen LogP contribution in [0.15, 0.2) is 21.8 Å². The lowest BCUT2D eigenvalue weighted by molar-refractivity contribution is 0.627. The van der Waals surface area contributed by atoms with Gasteiger partial charge in [-0.3, -0.25) is 4.57 Å². The predicted octanol–water partition coefficient (Wildman–Crippen LogP) is 1.89. The Morgan fingerprint density at radius 2 is 2.11 bits per heavy atom. The Kier molecular flexibility index (Phi) is 3.65. The number of rotatable bonds is 3. The molecule has 0 saturated carbocycles. The SMILES string of the molecule is CCn1cncc1Cn1c(C)c(Br)c(C)nc1=O. The van der Waals surface area contributed by atoms with Gasteiger partial charge in [-0.05, 0) is 36.7 Å². The van der Waals surface area contributed by atoms with Crippen LogP contribution in [-0.2, 0) is 13.1 Å². The minimum Gasteiger partial charge on any atom is -0.333 e. The molecule has 0 N–H and O–H groups in total. The highest BCUT2D eigenvalue weighted by molar-refractivity contribution is 9.10. The van der Waals surface area contributed by atoms with E-state index in [9.17, 15) is 4.79 Å². The average Bonchev–Trinajstić information content (AvgIpc) is 2.79. The van der Waals surface area contributed by atoms with Gasteiger partial charge in [0.25, 0.3) is 0 Å². The third-order valence-corrected chi connectivity index (χ3v) is 4.14. The van der Waals surface area contributed by atoms with Gasteiger partial charge in [-0.25, -0.2) is 9.78 Å². The topological polar surface area (TPSA) is 52.7 Å². The monoisotopic (exact) mass is 310 g/mol. The molecule has 6 heteroatoms. The Hall–Kier alpha value is -1.43. The highest BCUT2D eigenvalue weighted by atomic mass is 79.9. The first-order valence-corrected chi connectivity index (χ1v) is 6.56. The van der Waals surface area contributed by atoms with Crippen molar-refractivity contribution in [1.29, 1.82) is 0 Å². The minimum atomic E-state index is -0.225. The van der Waals surface area contributed by atoms with Gasteiger partial charge < -0.3 is 4.57 Å². The van der Waals surface area contributed by atoms with Gasteiger partial charge >= 0.3 is 5.69 Å². The van der Waals surface area contributed by atoms with Crippen molar-refractivity contribution in [2.45, 2.75) is 33.9 Å². The Labute approximate surface area is 114 Å². The van der Waals surface area contributed by atoms with Crippen molar-refractivity contribution in [2.75, 3.05) is 0 Å². The van der Waals surface area contributed by atoms with Crippen LogP contribution in [0.25, 0.3) is 0 Å². The van der Waals surface area contributed by atoms with Gasteiger partial charge in [0.2, 0.25) is 0 Å². The van der Waals surface area contributed by atoms with Crippen LogP contribution in [0.3, 0.4) is 0 Å². The second-order valence-electron chi connectivity index (χ2n) is 4.14. The number of hydrogen-bond donors (Lipinski definition) is 0. The van der Waals surface area contributed by atoms with Crippen LogP contribution in [0.2, 0.25) is 0 Å². The Balaban J connectivity index is 2.47. The summed E-state index contributed by atoms with van der Waals surface area (Å²) in [7, 11) is 0. The van der Waals surface area contributed by atoms with Gasteiger partial charge in [-0.15, -0.1) is 0 Å². The molecule has 0 aliphatic heterocycles. The highest BCUT2D eigenvalue weighted by Gasteiger charge is 2.11. The van der Waals surface area contributed by atoms with E-state index in [1.807, 2.05) is 25.3 Å². The highest BCUT2D eigenvalue weighted by Crippen LogP contribution is 2.17. The van der Waals surface area contributed by atoms with Crippen molar-refractivity contribution in [3.05, 3.63) is 44.6 Å². The fourth-order valence-corrected chi connectivity index (χ4v) is 2.19. The molecule has 0 atom stereocenters. The van der Waals surface area contributed by atoms with Crippen molar-refractivity contribution in [3.63, 3.8) is 0 Å². The molecule has 0 spiro atoms. The van der Waals surface area contributed by atoms with E-state index < -0.39 is 0 Å². The summed E-state index contributed by atoms with van der Waals surface area (Å²) in [5.41, 5.74) is 2.38. The van der Waals surface area contributed by atoms with Crippen LogP contribution in [0, 0.1) is 13.8 Å². The van der Waals surface area contributed by atoms with Gasteiger partial charge in [0.15, 0.2) is 0 Å². The van der Waals surface area contributed by atoms with E-state index >= 15 is 0 Å². The summed E-state index contributed by atoms with van der Waals surface area (Å²) in [6.07, 6.45) is 3.55. The summed E-state index contributed by atoms with van der Waals surface area (Å²) in [6, 6.07) is 0. The number of halogens is 1. The van der Waals surface area contributed by atoms with Crippen LogP contribution >= 0.6 is 15.9 Å². The van der Waals surface area contributed by atoms with Gasteiger partial charge in [0.05, 0.1) is 28.7 Å². The Morgan fingerprint density at radius 1 is 1.39 bits per heavy atom. The van der Waals surface area contributed by atoms with E-state index in [0.29, 0.717) is 6.54 Å². The van der Waals surface area contributed by atoms with Gasteiger partial charge in [0.1, 0.15) is 0 Å². The van der Waals surface area contributed by atoms with Crippen molar-refractivity contribution >= 4 is 15.9 Å². The Morgan fingerprint density at radius 3 is 2.78 bits per heavy atom. The van der Waals surface area contributed by atoms with E-state index in [4.69, 9.17) is 0 Å². The molecule has 2 aromatic heterocycles. The molecule has 0 aliphatic carbocycles. The number of aromatic nitrogens is 4. The van der Waals surface area contributed by atoms with Crippen molar-refractivity contribution in [2.24, 2.45) is 0 Å². The molecule has 0 radical (unpaired) electrons. The lowest BCUT2D eigenvalue weighted by Crippen LogP contribution is -2.27. The molecule has 5 nitrogen and oxygen atoms in total. The third-order valence-electron chi connectivity index (χ3n) is 2.99. The maximum absolute atomic E-state index is 11.9. The summed E-state index contributed by atoms with van der Waals surface area (Å²) in [5, 5.41) is 0. The maximum atomic E-state index is 11.9. The molecule has 96 valence electrons. The van der Waals surface area contributed by atoms with Crippen molar-refractivity contribution in [1.82, 2.24) is 19.1 Å². The molecular formula is C12H15BrN4O. The summed E-state index contributed by atoms with van der Waals surface area (Å²) < 4.78 is 4.55. The van der Waals surface area contributed by atoms with Gasteiger partial charge in [-0.1, -0.05) is 0 Å². The summed E-state index contributed by atoms with van der Waals surface area (Å²) in [5.74, 6) is 0. The molecule has 0 saturated heterocycles. The summed E-state index contributed by atoms with van der Waals surface area (Å²) in [6.45, 7) is 7.10. The van der Waals surface area contributed by atoms with E-state index in [-0.39, 0.29) is 5.69 Å². The third kappa shape index (κ3) is 2.25. The molecule has 0 aliphatic rings. The zero-order chi connectivity index (χ0) is 13.3. The second kappa shape index (κ2) is 5.06. The molecule has 0 unspecified atom stereocenters. The molecule has 2 aromatic rings. The zero-order valence-corrected chi connectivity index (χ0v) is 12.2. The standard InChI is InChI=1S/C12H15BrN4O/c1-4-16-7-14-5-10(16)6-17-9(3)11(13)8(2)15-12(17)18/h5,7H,4,6H2,1-3H3. The van der Waals surface area contributed by atoms with Crippen molar-refractivity contribution < 1.29 is 0 Å². The number of nitrogens with zero attached hydrogens (tertiary/aromatic N) is 4. The summed E-state index contributed by atoms with van der Waals surface area (Å²) in [4.78, 5) is 20.0. The van der Waals surface area contributed by atoms with E-state index in [2.05, 4.69) is 25.9 Å². The molecule has 18 heavy (non-hydrogen) atoms. The first kappa shape index (κ1) is 13.0. The van der Waals surface area contributed by atoms with Crippen LogP contribution in [0.5, 0.6) is 0 Å². The van der Waals surface area contributed by atoms with Crippen molar-refractivity contribution in [3.8, 4) is 0 Å². The fourth-order valence-electron chi connectivity index (χ4n) is 1.89. The lowest BCUT2D eigenvalue weighted by Gasteiger charge is -2.12. The lowest BCUT2D eigenvalue weighted by atomic mass is 10.3. The molecule has 0 aromatic carbocycles.